The maximum absolute atomic E-state index is 5.32. The minimum atomic E-state index is 0.603. The zero-order chi connectivity index (χ0) is 14.7. The Morgan fingerprint density at radius 1 is 1.24 bits per heavy atom. The Hall–Kier alpha value is -1.49. The van der Waals surface area contributed by atoms with Crippen LogP contribution in [0.2, 0.25) is 0 Å². The van der Waals surface area contributed by atoms with Crippen molar-refractivity contribution in [3.63, 3.8) is 0 Å². The Morgan fingerprint density at radius 2 is 2.00 bits per heavy atom. The van der Waals surface area contributed by atoms with E-state index in [9.17, 15) is 0 Å². The smallest absolute Gasteiger partial charge is 0.240 e. The van der Waals surface area contributed by atoms with Crippen LogP contribution in [0.25, 0.3) is 10.9 Å². The van der Waals surface area contributed by atoms with Crippen LogP contribution in [0.15, 0.2) is 24.5 Å². The molecule has 1 fully saturated rings. The Balaban J connectivity index is 1.88. The van der Waals surface area contributed by atoms with Gasteiger partial charge in [0, 0.05) is 36.6 Å². The van der Waals surface area contributed by atoms with E-state index in [0.717, 1.165) is 29.9 Å². The molecule has 0 aromatic carbocycles. The molecule has 0 radical (unpaired) electrons. The minimum Gasteiger partial charge on any atom is -0.479 e. The lowest BCUT2D eigenvalue weighted by Crippen LogP contribution is -2.34. The van der Waals surface area contributed by atoms with Gasteiger partial charge >= 0.3 is 0 Å². The number of nitrogens with zero attached hydrogens (tertiary/aromatic N) is 3. The first kappa shape index (κ1) is 14.4. The van der Waals surface area contributed by atoms with E-state index < -0.39 is 0 Å². The highest BCUT2D eigenvalue weighted by Gasteiger charge is 2.21. The predicted octanol–water partition coefficient (Wildman–Crippen LogP) is 3.22. The van der Waals surface area contributed by atoms with Gasteiger partial charge in [-0.3, -0.25) is 4.98 Å². The molecule has 3 heterocycles. The van der Waals surface area contributed by atoms with E-state index in [1.165, 1.54) is 24.3 Å². The molecule has 5 heteroatoms. The number of piperidine rings is 1. The molecule has 1 saturated heterocycles. The van der Waals surface area contributed by atoms with Crippen LogP contribution in [0.3, 0.4) is 0 Å². The van der Waals surface area contributed by atoms with E-state index in [2.05, 4.69) is 27.2 Å². The SMILES string of the molecule is COc1nccc2c(N3CCC(CSC)CC3)ccnc12. The fourth-order valence-electron chi connectivity index (χ4n) is 3.04. The Bertz CT molecular complexity index is 611. The molecule has 4 nitrogen and oxygen atoms in total. The highest BCUT2D eigenvalue weighted by molar-refractivity contribution is 7.98. The number of anilines is 1. The van der Waals surface area contributed by atoms with Crippen LogP contribution in [-0.2, 0) is 0 Å². The summed E-state index contributed by atoms with van der Waals surface area (Å²) in [6.07, 6.45) is 8.39. The van der Waals surface area contributed by atoms with Crippen LogP contribution >= 0.6 is 11.8 Å². The minimum absolute atomic E-state index is 0.603. The number of thioether (sulfide) groups is 1. The Kier molecular flexibility index (Phi) is 4.48. The van der Waals surface area contributed by atoms with E-state index in [1.807, 2.05) is 24.0 Å². The second-order valence-corrected chi connectivity index (χ2v) is 6.34. The van der Waals surface area contributed by atoms with Crippen LogP contribution < -0.4 is 9.64 Å². The van der Waals surface area contributed by atoms with Crippen molar-refractivity contribution in [3.8, 4) is 5.88 Å². The van der Waals surface area contributed by atoms with Gasteiger partial charge in [-0.2, -0.15) is 11.8 Å². The van der Waals surface area contributed by atoms with Gasteiger partial charge in [-0.1, -0.05) is 0 Å². The van der Waals surface area contributed by atoms with Gasteiger partial charge in [-0.05, 0) is 42.9 Å². The number of pyridine rings is 2. The second-order valence-electron chi connectivity index (χ2n) is 5.43. The molecule has 21 heavy (non-hydrogen) atoms. The first-order chi connectivity index (χ1) is 10.3. The molecule has 0 aliphatic carbocycles. The van der Waals surface area contributed by atoms with Crippen LogP contribution in [0, 0.1) is 5.92 Å². The topological polar surface area (TPSA) is 38.2 Å². The quantitative estimate of drug-likeness (QED) is 0.867. The molecule has 0 atom stereocenters. The maximum atomic E-state index is 5.32. The van der Waals surface area contributed by atoms with Crippen molar-refractivity contribution in [1.82, 2.24) is 9.97 Å². The predicted molar refractivity (Wildman–Crippen MR) is 89.4 cm³/mol. The third-order valence-corrected chi connectivity index (χ3v) is 4.96. The highest BCUT2D eigenvalue weighted by atomic mass is 32.2. The fourth-order valence-corrected chi connectivity index (χ4v) is 3.84. The summed E-state index contributed by atoms with van der Waals surface area (Å²) in [7, 11) is 1.64. The van der Waals surface area contributed by atoms with Crippen molar-refractivity contribution in [2.75, 3.05) is 37.1 Å². The van der Waals surface area contributed by atoms with Crippen LogP contribution in [0.4, 0.5) is 5.69 Å². The van der Waals surface area contributed by atoms with Crippen LogP contribution in [0.5, 0.6) is 5.88 Å². The molecular formula is C16H21N3OS. The number of fused-ring (bicyclic) bond motifs is 1. The van der Waals surface area contributed by atoms with E-state index in [1.54, 1.807) is 13.3 Å². The Labute approximate surface area is 129 Å². The summed E-state index contributed by atoms with van der Waals surface area (Å²) in [6.45, 7) is 2.24. The van der Waals surface area contributed by atoms with Gasteiger partial charge in [-0.15, -0.1) is 0 Å². The zero-order valence-corrected chi connectivity index (χ0v) is 13.4. The van der Waals surface area contributed by atoms with Crippen molar-refractivity contribution in [3.05, 3.63) is 24.5 Å². The van der Waals surface area contributed by atoms with Gasteiger partial charge in [0.1, 0.15) is 5.52 Å². The summed E-state index contributed by atoms with van der Waals surface area (Å²) >= 11 is 1.96. The van der Waals surface area contributed by atoms with Crippen LogP contribution in [0.1, 0.15) is 12.8 Å². The third-order valence-electron chi connectivity index (χ3n) is 4.15. The van der Waals surface area contributed by atoms with Crippen molar-refractivity contribution in [2.45, 2.75) is 12.8 Å². The van der Waals surface area contributed by atoms with E-state index >= 15 is 0 Å². The molecule has 0 bridgehead atoms. The van der Waals surface area contributed by atoms with Crippen molar-refractivity contribution in [1.29, 1.82) is 0 Å². The lowest BCUT2D eigenvalue weighted by molar-refractivity contribution is 0.402. The van der Waals surface area contributed by atoms with Crippen molar-refractivity contribution < 1.29 is 4.74 Å². The van der Waals surface area contributed by atoms with Gasteiger partial charge < -0.3 is 9.64 Å². The number of hydrogen-bond acceptors (Lipinski definition) is 5. The zero-order valence-electron chi connectivity index (χ0n) is 12.6. The maximum Gasteiger partial charge on any atom is 0.240 e. The Morgan fingerprint density at radius 3 is 2.71 bits per heavy atom. The fraction of sp³-hybridized carbons (Fsp3) is 0.500. The molecule has 0 unspecified atom stereocenters. The second kappa shape index (κ2) is 6.52. The summed E-state index contributed by atoms with van der Waals surface area (Å²) in [5.41, 5.74) is 2.10. The summed E-state index contributed by atoms with van der Waals surface area (Å²) < 4.78 is 5.32. The van der Waals surface area contributed by atoms with Gasteiger partial charge in [0.05, 0.1) is 7.11 Å². The summed E-state index contributed by atoms with van der Waals surface area (Å²) in [4.78, 5) is 11.1. The molecule has 3 rings (SSSR count). The summed E-state index contributed by atoms with van der Waals surface area (Å²) in [5, 5.41) is 1.13. The molecule has 0 N–H and O–H groups in total. The molecule has 0 saturated carbocycles. The molecule has 2 aromatic heterocycles. The number of methoxy groups -OCH3 is 1. The third kappa shape index (κ3) is 2.93. The van der Waals surface area contributed by atoms with Gasteiger partial charge in [0.25, 0.3) is 0 Å². The lowest BCUT2D eigenvalue weighted by Gasteiger charge is -2.34. The van der Waals surface area contributed by atoms with E-state index in [4.69, 9.17) is 4.74 Å². The number of aromatic nitrogens is 2. The lowest BCUT2D eigenvalue weighted by atomic mass is 9.98. The van der Waals surface area contributed by atoms with Crippen LogP contribution in [-0.4, -0.2) is 42.2 Å². The average Bonchev–Trinajstić information content (AvgIpc) is 2.55. The van der Waals surface area contributed by atoms with E-state index in [0.29, 0.717) is 5.88 Å². The first-order valence-electron chi connectivity index (χ1n) is 7.35. The average molecular weight is 303 g/mol. The number of ether oxygens (including phenoxy) is 1. The molecule has 0 spiro atoms. The van der Waals surface area contributed by atoms with Gasteiger partial charge in [-0.25, -0.2) is 4.98 Å². The van der Waals surface area contributed by atoms with Crippen molar-refractivity contribution in [2.24, 2.45) is 5.92 Å². The first-order valence-corrected chi connectivity index (χ1v) is 8.74. The molecule has 0 amide bonds. The number of rotatable bonds is 4. The number of hydrogen-bond donors (Lipinski definition) is 0. The summed E-state index contributed by atoms with van der Waals surface area (Å²) in [6, 6.07) is 4.14. The standard InChI is InChI=1S/C16H21N3OS/c1-20-16-15-13(3-7-18-16)14(4-8-17-15)19-9-5-12(6-10-19)11-21-2/h3-4,7-8,12H,5-6,9-11H2,1-2H3. The summed E-state index contributed by atoms with van der Waals surface area (Å²) in [5.74, 6) is 2.75. The van der Waals surface area contributed by atoms with Gasteiger partial charge in [0.15, 0.2) is 0 Å². The normalized spacial score (nSPS) is 16.4. The molecule has 112 valence electrons. The van der Waals surface area contributed by atoms with Crippen molar-refractivity contribution >= 4 is 28.4 Å². The molecule has 2 aromatic rings. The largest absolute Gasteiger partial charge is 0.479 e. The highest BCUT2D eigenvalue weighted by Crippen LogP contribution is 2.32. The van der Waals surface area contributed by atoms with E-state index in [-0.39, 0.29) is 0 Å². The monoisotopic (exact) mass is 303 g/mol. The molecular weight excluding hydrogens is 282 g/mol. The molecule has 1 aliphatic heterocycles. The molecule has 1 aliphatic rings. The van der Waals surface area contributed by atoms with Gasteiger partial charge in [0.2, 0.25) is 5.88 Å².